The minimum absolute atomic E-state index is 0.0288. The Bertz CT molecular complexity index is 585. The summed E-state index contributed by atoms with van der Waals surface area (Å²) < 4.78 is 22.3. The summed E-state index contributed by atoms with van der Waals surface area (Å²) in [4.78, 5) is 11.9. The zero-order valence-electron chi connectivity index (χ0n) is 14.4. The fraction of sp³-hybridized carbons (Fsp3) is 0.611. The molecule has 1 aromatic carbocycles. The lowest BCUT2D eigenvalue weighted by Crippen LogP contribution is -2.11. The standard InChI is InChI=1S/C18H28ClNO3S/c1-2-3-4-5-6-7-8-9-10-11-18(21)20-16-12-14-17(15-13-16)24(19,22)23/h12-15H,2-11H2,1H3,(H,20,21). The van der Waals surface area contributed by atoms with E-state index in [4.69, 9.17) is 10.7 Å². The van der Waals surface area contributed by atoms with Gasteiger partial charge in [-0.15, -0.1) is 0 Å². The van der Waals surface area contributed by atoms with Gasteiger partial charge in [-0.05, 0) is 30.7 Å². The second-order valence-electron chi connectivity index (χ2n) is 6.09. The molecule has 0 bridgehead atoms. The summed E-state index contributed by atoms with van der Waals surface area (Å²) in [5.41, 5.74) is 0.583. The first kappa shape index (κ1) is 21.0. The van der Waals surface area contributed by atoms with Gasteiger partial charge < -0.3 is 5.32 Å². The highest BCUT2D eigenvalue weighted by molar-refractivity contribution is 8.13. The molecule has 4 nitrogen and oxygen atoms in total. The van der Waals surface area contributed by atoms with Crippen molar-refractivity contribution in [1.82, 2.24) is 0 Å². The van der Waals surface area contributed by atoms with Gasteiger partial charge in [0.1, 0.15) is 0 Å². The van der Waals surface area contributed by atoms with E-state index < -0.39 is 9.05 Å². The van der Waals surface area contributed by atoms with E-state index in [-0.39, 0.29) is 10.8 Å². The first-order valence-corrected chi connectivity index (χ1v) is 11.1. The summed E-state index contributed by atoms with van der Waals surface area (Å²) in [6.07, 6.45) is 11.4. The van der Waals surface area contributed by atoms with Gasteiger partial charge in [0.25, 0.3) is 9.05 Å². The zero-order valence-corrected chi connectivity index (χ0v) is 16.0. The van der Waals surface area contributed by atoms with Crippen LogP contribution >= 0.6 is 10.7 Å². The maximum Gasteiger partial charge on any atom is 0.261 e. The number of anilines is 1. The number of rotatable bonds is 12. The molecule has 0 aliphatic carbocycles. The fourth-order valence-electron chi connectivity index (χ4n) is 2.52. The lowest BCUT2D eigenvalue weighted by atomic mass is 10.1. The number of nitrogens with one attached hydrogen (secondary N) is 1. The summed E-state index contributed by atoms with van der Waals surface area (Å²) in [7, 11) is 1.53. The number of benzene rings is 1. The molecule has 0 aliphatic rings. The van der Waals surface area contributed by atoms with E-state index in [9.17, 15) is 13.2 Å². The molecule has 136 valence electrons. The van der Waals surface area contributed by atoms with E-state index in [2.05, 4.69) is 12.2 Å². The van der Waals surface area contributed by atoms with Gasteiger partial charge in [0.2, 0.25) is 5.91 Å². The number of halogens is 1. The van der Waals surface area contributed by atoms with Crippen molar-refractivity contribution >= 4 is 31.3 Å². The van der Waals surface area contributed by atoms with E-state index in [1.54, 1.807) is 12.1 Å². The lowest BCUT2D eigenvalue weighted by Gasteiger charge is -2.06. The van der Waals surface area contributed by atoms with E-state index in [0.29, 0.717) is 12.1 Å². The van der Waals surface area contributed by atoms with Crippen LogP contribution in [0.15, 0.2) is 29.2 Å². The third kappa shape index (κ3) is 9.28. The van der Waals surface area contributed by atoms with Crippen LogP contribution in [0.1, 0.15) is 71.1 Å². The molecule has 6 heteroatoms. The van der Waals surface area contributed by atoms with Crippen molar-refractivity contribution in [3.05, 3.63) is 24.3 Å². The largest absolute Gasteiger partial charge is 0.326 e. The minimum atomic E-state index is -3.72. The minimum Gasteiger partial charge on any atom is -0.326 e. The molecule has 1 rings (SSSR count). The van der Waals surface area contributed by atoms with Crippen LogP contribution < -0.4 is 5.32 Å². The molecular formula is C18H28ClNO3S. The van der Waals surface area contributed by atoms with Crippen molar-refractivity contribution in [2.24, 2.45) is 0 Å². The average Bonchev–Trinajstić information content (AvgIpc) is 2.53. The highest BCUT2D eigenvalue weighted by Crippen LogP contribution is 2.18. The maximum atomic E-state index is 11.8. The summed E-state index contributed by atoms with van der Waals surface area (Å²) in [5.74, 6) is -0.0422. The zero-order chi connectivity index (χ0) is 17.8. The van der Waals surface area contributed by atoms with Crippen LogP contribution in [-0.2, 0) is 13.8 Å². The Kier molecular flexibility index (Phi) is 10.0. The van der Waals surface area contributed by atoms with Crippen molar-refractivity contribution < 1.29 is 13.2 Å². The van der Waals surface area contributed by atoms with Gasteiger partial charge in [-0.2, -0.15) is 0 Å². The monoisotopic (exact) mass is 373 g/mol. The van der Waals surface area contributed by atoms with E-state index in [0.717, 1.165) is 12.8 Å². The van der Waals surface area contributed by atoms with Crippen LogP contribution in [-0.4, -0.2) is 14.3 Å². The van der Waals surface area contributed by atoms with Gasteiger partial charge in [0.05, 0.1) is 4.90 Å². The van der Waals surface area contributed by atoms with Crippen molar-refractivity contribution in [1.29, 1.82) is 0 Å². The maximum absolute atomic E-state index is 11.8. The van der Waals surface area contributed by atoms with E-state index >= 15 is 0 Å². The lowest BCUT2D eigenvalue weighted by molar-refractivity contribution is -0.116. The molecule has 0 aromatic heterocycles. The number of carbonyl (C=O) groups is 1. The first-order valence-electron chi connectivity index (χ1n) is 8.78. The molecule has 0 unspecified atom stereocenters. The van der Waals surface area contributed by atoms with Crippen molar-refractivity contribution in [3.63, 3.8) is 0 Å². The Labute approximate surface area is 150 Å². The number of hydrogen-bond donors (Lipinski definition) is 1. The van der Waals surface area contributed by atoms with E-state index in [1.165, 1.54) is 57.1 Å². The van der Waals surface area contributed by atoms with Gasteiger partial charge in [-0.1, -0.05) is 58.3 Å². The number of hydrogen-bond acceptors (Lipinski definition) is 3. The molecule has 0 saturated heterocycles. The Morgan fingerprint density at radius 2 is 1.42 bits per heavy atom. The molecule has 0 radical (unpaired) electrons. The molecule has 0 fully saturated rings. The Hall–Kier alpha value is -1.07. The van der Waals surface area contributed by atoms with Crippen LogP contribution in [0.25, 0.3) is 0 Å². The summed E-state index contributed by atoms with van der Waals surface area (Å²) in [6, 6.07) is 5.86. The average molecular weight is 374 g/mol. The molecule has 0 aliphatic heterocycles. The molecular weight excluding hydrogens is 346 g/mol. The third-order valence-corrected chi connectivity index (χ3v) is 5.30. The van der Waals surface area contributed by atoms with Gasteiger partial charge >= 0.3 is 0 Å². The van der Waals surface area contributed by atoms with Gasteiger partial charge in [0, 0.05) is 22.8 Å². The smallest absolute Gasteiger partial charge is 0.261 e. The third-order valence-electron chi connectivity index (χ3n) is 3.93. The highest BCUT2D eigenvalue weighted by atomic mass is 35.7. The molecule has 24 heavy (non-hydrogen) atoms. The van der Waals surface area contributed by atoms with Crippen LogP contribution in [0.2, 0.25) is 0 Å². The van der Waals surface area contributed by atoms with Gasteiger partial charge in [0.15, 0.2) is 0 Å². The molecule has 0 saturated carbocycles. The first-order chi connectivity index (χ1) is 11.4. The predicted octanol–water partition coefficient (Wildman–Crippen LogP) is 5.47. The summed E-state index contributed by atoms with van der Waals surface area (Å²) in [5, 5.41) is 2.77. The van der Waals surface area contributed by atoms with Crippen molar-refractivity contribution in [3.8, 4) is 0 Å². The van der Waals surface area contributed by atoms with Crippen molar-refractivity contribution in [2.45, 2.75) is 76.0 Å². The van der Waals surface area contributed by atoms with Crippen LogP contribution in [0.3, 0.4) is 0 Å². The molecule has 0 heterocycles. The normalized spacial score (nSPS) is 11.4. The summed E-state index contributed by atoms with van der Waals surface area (Å²) >= 11 is 0. The quantitative estimate of drug-likeness (QED) is 0.390. The molecule has 1 N–H and O–H groups in total. The Morgan fingerprint density at radius 3 is 1.92 bits per heavy atom. The molecule has 1 aromatic rings. The number of amides is 1. The van der Waals surface area contributed by atoms with Gasteiger partial charge in [-0.25, -0.2) is 8.42 Å². The SMILES string of the molecule is CCCCCCCCCCCC(=O)Nc1ccc(S(=O)(=O)Cl)cc1. The molecule has 0 spiro atoms. The summed E-state index contributed by atoms with van der Waals surface area (Å²) in [6.45, 7) is 2.22. The van der Waals surface area contributed by atoms with Crippen LogP contribution in [0.4, 0.5) is 5.69 Å². The van der Waals surface area contributed by atoms with Crippen LogP contribution in [0.5, 0.6) is 0 Å². The molecule has 0 atom stereocenters. The van der Waals surface area contributed by atoms with Crippen molar-refractivity contribution in [2.75, 3.05) is 5.32 Å². The molecule has 1 amide bonds. The highest BCUT2D eigenvalue weighted by Gasteiger charge is 2.09. The second kappa shape index (κ2) is 11.5. The van der Waals surface area contributed by atoms with E-state index in [1.807, 2.05) is 0 Å². The topological polar surface area (TPSA) is 63.2 Å². The van der Waals surface area contributed by atoms with Crippen LogP contribution in [0, 0.1) is 0 Å². The number of carbonyl (C=O) groups excluding carboxylic acids is 1. The predicted molar refractivity (Wildman–Crippen MR) is 100.0 cm³/mol. The fourth-order valence-corrected chi connectivity index (χ4v) is 3.29. The Morgan fingerprint density at radius 1 is 0.917 bits per heavy atom. The Balaban J connectivity index is 2.14. The van der Waals surface area contributed by atoms with Gasteiger partial charge in [-0.3, -0.25) is 4.79 Å². The second-order valence-corrected chi connectivity index (χ2v) is 8.65. The number of unbranched alkanes of at least 4 members (excludes halogenated alkanes) is 8.